The molecular formula is C11H11ClN4O3S. The third-order valence-electron chi connectivity index (χ3n) is 2.43. The summed E-state index contributed by atoms with van der Waals surface area (Å²) < 4.78 is 6.73. The first-order valence-electron chi connectivity index (χ1n) is 5.54. The van der Waals surface area contributed by atoms with Crippen LogP contribution in [0.4, 0.5) is 0 Å². The molecule has 0 spiro atoms. The van der Waals surface area contributed by atoms with Crippen molar-refractivity contribution in [3.8, 4) is 5.75 Å². The molecule has 2 aromatic rings. The Labute approximate surface area is 123 Å². The van der Waals surface area contributed by atoms with Crippen molar-refractivity contribution in [1.29, 1.82) is 0 Å². The molecule has 20 heavy (non-hydrogen) atoms. The Morgan fingerprint density at radius 1 is 1.55 bits per heavy atom. The van der Waals surface area contributed by atoms with Crippen molar-refractivity contribution in [3.63, 3.8) is 0 Å². The number of rotatable bonds is 6. The summed E-state index contributed by atoms with van der Waals surface area (Å²) in [6.07, 6.45) is 0. The molecule has 0 aliphatic heterocycles. The van der Waals surface area contributed by atoms with Crippen molar-refractivity contribution in [3.05, 3.63) is 28.8 Å². The Balaban J connectivity index is 2.22. The zero-order valence-electron chi connectivity index (χ0n) is 10.5. The van der Waals surface area contributed by atoms with E-state index >= 15 is 0 Å². The largest absolute Gasteiger partial charge is 0.496 e. The highest BCUT2D eigenvalue weighted by Gasteiger charge is 2.14. The third-order valence-corrected chi connectivity index (χ3v) is 3.72. The van der Waals surface area contributed by atoms with Gasteiger partial charge in [-0.1, -0.05) is 29.4 Å². The average Bonchev–Trinajstić information content (AvgIpc) is 2.86. The van der Waals surface area contributed by atoms with E-state index in [1.807, 2.05) is 0 Å². The van der Waals surface area contributed by atoms with Crippen molar-refractivity contribution in [2.24, 2.45) is 0 Å². The van der Waals surface area contributed by atoms with Gasteiger partial charge < -0.3 is 9.84 Å². The molecule has 7 nitrogen and oxygen atoms in total. The number of carbonyl (C=O) groups is 1. The van der Waals surface area contributed by atoms with Crippen LogP contribution in [-0.4, -0.2) is 44.1 Å². The second-order valence-corrected chi connectivity index (χ2v) is 5.07. The Kier molecular flexibility index (Phi) is 4.80. The number of aliphatic carboxylic acids is 1. The number of methoxy groups -OCH3 is 1. The minimum absolute atomic E-state index is 0.111. The number of thioether (sulfide) groups is 1. The minimum atomic E-state index is -0.931. The monoisotopic (exact) mass is 314 g/mol. The van der Waals surface area contributed by atoms with E-state index in [-0.39, 0.29) is 5.75 Å². The van der Waals surface area contributed by atoms with Crippen LogP contribution < -0.4 is 4.74 Å². The number of halogens is 1. The van der Waals surface area contributed by atoms with Gasteiger partial charge in [-0.3, -0.25) is 4.79 Å². The number of hydrogen-bond acceptors (Lipinski definition) is 6. The molecule has 106 valence electrons. The molecule has 1 aromatic heterocycles. The zero-order valence-corrected chi connectivity index (χ0v) is 12.1. The van der Waals surface area contributed by atoms with E-state index < -0.39 is 5.97 Å². The van der Waals surface area contributed by atoms with Crippen LogP contribution in [0.2, 0.25) is 5.02 Å². The topological polar surface area (TPSA) is 90.1 Å². The minimum Gasteiger partial charge on any atom is -0.496 e. The highest BCUT2D eigenvalue weighted by atomic mass is 35.5. The van der Waals surface area contributed by atoms with E-state index in [0.717, 1.165) is 17.3 Å². The van der Waals surface area contributed by atoms with E-state index in [1.54, 1.807) is 25.3 Å². The van der Waals surface area contributed by atoms with Gasteiger partial charge in [0.2, 0.25) is 5.16 Å². The number of aromatic nitrogens is 4. The lowest BCUT2D eigenvalue weighted by atomic mass is 10.2. The zero-order chi connectivity index (χ0) is 14.5. The summed E-state index contributed by atoms with van der Waals surface area (Å²) in [5.41, 5.74) is 0.737. The normalized spacial score (nSPS) is 10.5. The molecule has 1 N–H and O–H groups in total. The third kappa shape index (κ3) is 3.40. The molecule has 0 aliphatic carbocycles. The number of tetrazole rings is 1. The number of hydrogen-bond donors (Lipinski definition) is 1. The molecule has 9 heteroatoms. The smallest absolute Gasteiger partial charge is 0.313 e. The average molecular weight is 315 g/mol. The summed E-state index contributed by atoms with van der Waals surface area (Å²) >= 11 is 7.19. The summed E-state index contributed by atoms with van der Waals surface area (Å²) in [7, 11) is 1.55. The molecule has 2 rings (SSSR count). The van der Waals surface area contributed by atoms with Crippen molar-refractivity contribution in [2.45, 2.75) is 11.7 Å². The fourth-order valence-electron chi connectivity index (χ4n) is 1.56. The Hall–Kier alpha value is -1.80. The van der Waals surface area contributed by atoms with Crippen LogP contribution in [0.15, 0.2) is 23.4 Å². The molecule has 0 saturated carbocycles. The molecule has 0 saturated heterocycles. The van der Waals surface area contributed by atoms with Gasteiger partial charge in [0.05, 0.1) is 19.4 Å². The van der Waals surface area contributed by atoms with Crippen molar-refractivity contribution < 1.29 is 14.6 Å². The molecular weight excluding hydrogens is 304 g/mol. The Morgan fingerprint density at radius 3 is 3.05 bits per heavy atom. The van der Waals surface area contributed by atoms with E-state index in [1.165, 1.54) is 4.68 Å². The van der Waals surface area contributed by atoms with Gasteiger partial charge >= 0.3 is 5.97 Å². The molecule has 0 unspecified atom stereocenters. The maximum Gasteiger partial charge on any atom is 0.313 e. The van der Waals surface area contributed by atoms with Crippen LogP contribution >= 0.6 is 23.4 Å². The van der Waals surface area contributed by atoms with Crippen LogP contribution in [0.25, 0.3) is 0 Å². The molecule has 1 aromatic carbocycles. The fourth-order valence-corrected chi connectivity index (χ4v) is 2.38. The number of benzene rings is 1. The molecule has 0 radical (unpaired) electrons. The van der Waals surface area contributed by atoms with Crippen LogP contribution in [-0.2, 0) is 11.3 Å². The lowest BCUT2D eigenvalue weighted by molar-refractivity contribution is -0.133. The van der Waals surface area contributed by atoms with E-state index in [4.69, 9.17) is 21.4 Å². The maximum absolute atomic E-state index is 10.6. The maximum atomic E-state index is 10.6. The first-order chi connectivity index (χ1) is 9.61. The highest BCUT2D eigenvalue weighted by molar-refractivity contribution is 7.99. The Morgan fingerprint density at radius 2 is 2.35 bits per heavy atom. The van der Waals surface area contributed by atoms with Gasteiger partial charge in [0.1, 0.15) is 5.75 Å². The summed E-state index contributed by atoms with van der Waals surface area (Å²) in [5, 5.41) is 20.8. The molecule has 0 atom stereocenters. The fraction of sp³-hybridized carbons (Fsp3) is 0.273. The molecule has 0 fully saturated rings. The Bertz CT molecular complexity index is 619. The van der Waals surface area contributed by atoms with Gasteiger partial charge in [-0.15, -0.1) is 5.10 Å². The number of carboxylic acids is 1. The van der Waals surface area contributed by atoms with Crippen LogP contribution in [0, 0.1) is 0 Å². The molecule has 0 bridgehead atoms. The van der Waals surface area contributed by atoms with Crippen molar-refractivity contribution in [1.82, 2.24) is 20.2 Å². The standard InChI is InChI=1S/C11H11ClN4O3S/c1-19-9-4-2-3-8(12)7(9)5-16-11(13-14-15-16)20-6-10(17)18/h2-4H,5-6H2,1H3,(H,17,18). The van der Waals surface area contributed by atoms with E-state index in [0.29, 0.717) is 22.5 Å². The van der Waals surface area contributed by atoms with E-state index in [2.05, 4.69) is 15.5 Å². The first-order valence-corrected chi connectivity index (χ1v) is 6.90. The van der Waals surface area contributed by atoms with Gasteiger partial charge in [0.25, 0.3) is 0 Å². The van der Waals surface area contributed by atoms with Gasteiger partial charge in [-0.2, -0.15) is 0 Å². The molecule has 1 heterocycles. The second kappa shape index (κ2) is 6.58. The molecule has 0 amide bonds. The van der Waals surface area contributed by atoms with Crippen molar-refractivity contribution >= 4 is 29.3 Å². The molecule has 0 aliphatic rings. The van der Waals surface area contributed by atoms with Gasteiger partial charge in [-0.05, 0) is 22.6 Å². The van der Waals surface area contributed by atoms with Gasteiger partial charge in [0.15, 0.2) is 0 Å². The van der Waals surface area contributed by atoms with Gasteiger partial charge in [-0.25, -0.2) is 4.68 Å². The first kappa shape index (κ1) is 14.6. The van der Waals surface area contributed by atoms with E-state index in [9.17, 15) is 4.79 Å². The lowest BCUT2D eigenvalue weighted by Crippen LogP contribution is -2.07. The van der Waals surface area contributed by atoms with Gasteiger partial charge in [0, 0.05) is 10.6 Å². The van der Waals surface area contributed by atoms with Crippen LogP contribution in [0.5, 0.6) is 5.75 Å². The predicted octanol–water partition coefficient (Wildman–Crippen LogP) is 1.56. The highest BCUT2D eigenvalue weighted by Crippen LogP contribution is 2.27. The van der Waals surface area contributed by atoms with Crippen LogP contribution in [0.1, 0.15) is 5.56 Å². The van der Waals surface area contributed by atoms with Crippen molar-refractivity contribution in [2.75, 3.05) is 12.9 Å². The predicted molar refractivity (Wildman–Crippen MR) is 73.3 cm³/mol. The number of carboxylic acid groups (broad SMARTS) is 1. The summed E-state index contributed by atoms with van der Waals surface area (Å²) in [6, 6.07) is 5.31. The SMILES string of the molecule is COc1cccc(Cl)c1Cn1nnnc1SCC(=O)O. The lowest BCUT2D eigenvalue weighted by Gasteiger charge is -2.10. The van der Waals surface area contributed by atoms with Crippen LogP contribution in [0.3, 0.4) is 0 Å². The second-order valence-electron chi connectivity index (χ2n) is 3.72. The summed E-state index contributed by atoms with van der Waals surface area (Å²) in [5.74, 6) is -0.415. The number of ether oxygens (including phenoxy) is 1. The summed E-state index contributed by atoms with van der Waals surface area (Å²) in [6.45, 7) is 0.303. The summed E-state index contributed by atoms with van der Waals surface area (Å²) in [4.78, 5) is 10.6. The number of nitrogens with zero attached hydrogens (tertiary/aromatic N) is 4. The quantitative estimate of drug-likeness (QED) is 0.809.